The van der Waals surface area contributed by atoms with Crippen LogP contribution in [0.5, 0.6) is 0 Å². The van der Waals surface area contributed by atoms with Gasteiger partial charge in [-0.3, -0.25) is 10.1 Å². The van der Waals surface area contributed by atoms with Gasteiger partial charge in [0.2, 0.25) is 5.91 Å². The zero-order chi connectivity index (χ0) is 15.7. The van der Waals surface area contributed by atoms with Crippen molar-refractivity contribution in [2.24, 2.45) is 5.92 Å². The van der Waals surface area contributed by atoms with E-state index < -0.39 is 17.8 Å². The highest BCUT2D eigenvalue weighted by atomic mass is 19.1. The first-order chi connectivity index (χ1) is 9.86. The van der Waals surface area contributed by atoms with Crippen molar-refractivity contribution in [3.05, 3.63) is 35.4 Å². The van der Waals surface area contributed by atoms with Crippen molar-refractivity contribution in [2.45, 2.75) is 52.4 Å². The second-order valence-corrected chi connectivity index (χ2v) is 5.93. The number of carbonyl (C=O) groups excluding carboxylic acids is 1. The summed E-state index contributed by atoms with van der Waals surface area (Å²) in [5, 5.41) is 3.17. The minimum Gasteiger partial charge on any atom is -0.318 e. The molecule has 1 N–H and O–H groups in total. The zero-order valence-electron chi connectivity index (χ0n) is 12.9. The van der Waals surface area contributed by atoms with Crippen LogP contribution < -0.4 is 5.32 Å². The Kier molecular flexibility index (Phi) is 4.61. The van der Waals surface area contributed by atoms with Crippen LogP contribution in [0.1, 0.15) is 45.8 Å². The van der Waals surface area contributed by atoms with Gasteiger partial charge in [0, 0.05) is 17.7 Å². The summed E-state index contributed by atoms with van der Waals surface area (Å²) in [4.78, 5) is 14.2. The van der Waals surface area contributed by atoms with E-state index in [4.69, 9.17) is 0 Å². The van der Waals surface area contributed by atoms with Gasteiger partial charge in [-0.05, 0) is 31.4 Å². The number of nitrogens with zero attached hydrogens (tertiary/aromatic N) is 1. The molecule has 1 fully saturated rings. The summed E-state index contributed by atoms with van der Waals surface area (Å²) >= 11 is 0. The van der Waals surface area contributed by atoms with Crippen molar-refractivity contribution in [3.63, 3.8) is 0 Å². The van der Waals surface area contributed by atoms with Crippen LogP contribution in [-0.4, -0.2) is 22.9 Å². The molecule has 1 aromatic carbocycles. The van der Waals surface area contributed by atoms with E-state index in [1.54, 1.807) is 4.90 Å². The van der Waals surface area contributed by atoms with E-state index in [0.717, 1.165) is 6.07 Å². The third-order valence-corrected chi connectivity index (χ3v) is 4.26. The Labute approximate surface area is 124 Å². The molecule has 5 heteroatoms. The molecule has 1 aliphatic heterocycles. The molecule has 0 aliphatic carbocycles. The quantitative estimate of drug-likeness (QED) is 0.925. The molecule has 116 valence electrons. The van der Waals surface area contributed by atoms with Gasteiger partial charge >= 0.3 is 0 Å². The van der Waals surface area contributed by atoms with Crippen molar-refractivity contribution in [1.82, 2.24) is 10.2 Å². The van der Waals surface area contributed by atoms with E-state index in [9.17, 15) is 13.6 Å². The van der Waals surface area contributed by atoms with Gasteiger partial charge in [0.25, 0.3) is 0 Å². The predicted octanol–water partition coefficient (Wildman–Crippen LogP) is 3.22. The standard InChI is InChI=1S/C16H22F2N2O/c1-5-14-16(21)20(10(4)9(2)3)15(19-14)12-7-6-11(17)8-13(12)18/h6-10,14-15,19H,5H2,1-4H3. The lowest BCUT2D eigenvalue weighted by atomic mass is 10.0. The van der Waals surface area contributed by atoms with E-state index in [2.05, 4.69) is 5.32 Å². The van der Waals surface area contributed by atoms with E-state index in [-0.39, 0.29) is 23.9 Å². The van der Waals surface area contributed by atoms with Gasteiger partial charge < -0.3 is 4.90 Å². The molecule has 0 aromatic heterocycles. The van der Waals surface area contributed by atoms with Crippen LogP contribution in [0.4, 0.5) is 8.78 Å². The van der Waals surface area contributed by atoms with Crippen LogP contribution in [0, 0.1) is 17.6 Å². The molecule has 0 spiro atoms. The van der Waals surface area contributed by atoms with Crippen LogP contribution in [-0.2, 0) is 4.79 Å². The number of nitrogens with one attached hydrogen (secondary N) is 1. The highest BCUT2D eigenvalue weighted by Gasteiger charge is 2.42. The van der Waals surface area contributed by atoms with Gasteiger partial charge in [-0.25, -0.2) is 8.78 Å². The lowest BCUT2D eigenvalue weighted by Crippen LogP contribution is -2.41. The van der Waals surface area contributed by atoms with E-state index in [1.807, 2.05) is 27.7 Å². The molecule has 3 atom stereocenters. The van der Waals surface area contributed by atoms with Crippen LogP contribution >= 0.6 is 0 Å². The third-order valence-electron chi connectivity index (χ3n) is 4.26. The number of hydrogen-bond acceptors (Lipinski definition) is 2. The lowest BCUT2D eigenvalue weighted by molar-refractivity contribution is -0.133. The van der Waals surface area contributed by atoms with Gasteiger partial charge in [-0.15, -0.1) is 0 Å². The largest absolute Gasteiger partial charge is 0.318 e. The molecule has 0 bridgehead atoms. The SMILES string of the molecule is CCC1NC(c2ccc(F)cc2F)N(C(C)C(C)C)C1=O. The van der Waals surface area contributed by atoms with Crippen molar-refractivity contribution in [2.75, 3.05) is 0 Å². The second-order valence-electron chi connectivity index (χ2n) is 5.93. The Bertz CT molecular complexity index is 533. The maximum atomic E-state index is 14.1. The number of benzene rings is 1. The fourth-order valence-electron chi connectivity index (χ4n) is 2.66. The Hall–Kier alpha value is -1.49. The molecule has 0 radical (unpaired) electrons. The molecule has 3 nitrogen and oxygen atoms in total. The summed E-state index contributed by atoms with van der Waals surface area (Å²) in [6, 6.07) is 3.14. The molecular weight excluding hydrogens is 274 g/mol. The van der Waals surface area contributed by atoms with Crippen LogP contribution in [0.25, 0.3) is 0 Å². The number of rotatable bonds is 4. The number of halogens is 2. The van der Waals surface area contributed by atoms with E-state index in [1.165, 1.54) is 12.1 Å². The van der Waals surface area contributed by atoms with Crippen LogP contribution in [0.2, 0.25) is 0 Å². The number of carbonyl (C=O) groups is 1. The molecule has 1 saturated heterocycles. The molecule has 0 saturated carbocycles. The van der Waals surface area contributed by atoms with Crippen molar-refractivity contribution < 1.29 is 13.6 Å². The fraction of sp³-hybridized carbons (Fsp3) is 0.562. The molecular formula is C16H22F2N2O. The molecule has 1 aliphatic rings. The van der Waals surface area contributed by atoms with Gasteiger partial charge in [-0.1, -0.05) is 20.8 Å². The number of hydrogen-bond donors (Lipinski definition) is 1. The Balaban J connectivity index is 2.41. The Morgan fingerprint density at radius 2 is 1.95 bits per heavy atom. The summed E-state index contributed by atoms with van der Waals surface area (Å²) in [5.41, 5.74) is 0.313. The average molecular weight is 296 g/mol. The maximum absolute atomic E-state index is 14.1. The summed E-state index contributed by atoms with van der Waals surface area (Å²) < 4.78 is 27.2. The summed E-state index contributed by atoms with van der Waals surface area (Å²) in [5.74, 6) is -1.01. The summed E-state index contributed by atoms with van der Waals surface area (Å²) in [6.45, 7) is 7.92. The first kappa shape index (κ1) is 15.9. The highest BCUT2D eigenvalue weighted by Crippen LogP contribution is 2.32. The van der Waals surface area contributed by atoms with E-state index >= 15 is 0 Å². The average Bonchev–Trinajstić information content (AvgIpc) is 2.74. The Morgan fingerprint density at radius 3 is 2.48 bits per heavy atom. The molecule has 1 aromatic rings. The van der Waals surface area contributed by atoms with E-state index in [0.29, 0.717) is 12.0 Å². The lowest BCUT2D eigenvalue weighted by Gasteiger charge is -2.33. The number of amides is 1. The van der Waals surface area contributed by atoms with Gasteiger partial charge in [0.15, 0.2) is 0 Å². The molecule has 2 rings (SSSR count). The predicted molar refractivity (Wildman–Crippen MR) is 77.5 cm³/mol. The summed E-state index contributed by atoms with van der Waals surface area (Å²) in [6.07, 6.45) is 0.0971. The van der Waals surface area contributed by atoms with Crippen molar-refractivity contribution in [3.8, 4) is 0 Å². The molecule has 3 unspecified atom stereocenters. The van der Waals surface area contributed by atoms with Gasteiger partial charge in [-0.2, -0.15) is 0 Å². The van der Waals surface area contributed by atoms with Crippen molar-refractivity contribution in [1.29, 1.82) is 0 Å². The molecule has 1 amide bonds. The van der Waals surface area contributed by atoms with Gasteiger partial charge in [0.1, 0.15) is 17.8 Å². The minimum atomic E-state index is -0.627. The second kappa shape index (κ2) is 6.10. The first-order valence-electron chi connectivity index (χ1n) is 7.40. The van der Waals surface area contributed by atoms with Crippen molar-refractivity contribution >= 4 is 5.91 Å². The monoisotopic (exact) mass is 296 g/mol. The minimum absolute atomic E-state index is 0.0209. The first-order valence-corrected chi connectivity index (χ1v) is 7.40. The maximum Gasteiger partial charge on any atom is 0.241 e. The zero-order valence-corrected chi connectivity index (χ0v) is 12.9. The van der Waals surface area contributed by atoms with Crippen LogP contribution in [0.15, 0.2) is 18.2 Å². The highest BCUT2D eigenvalue weighted by molar-refractivity contribution is 5.84. The van der Waals surface area contributed by atoms with Gasteiger partial charge in [0.05, 0.1) is 6.04 Å². The topological polar surface area (TPSA) is 32.3 Å². The molecule has 1 heterocycles. The smallest absolute Gasteiger partial charge is 0.241 e. The molecule has 21 heavy (non-hydrogen) atoms. The normalized spacial score (nSPS) is 24.0. The fourth-order valence-corrected chi connectivity index (χ4v) is 2.66. The Morgan fingerprint density at radius 1 is 1.29 bits per heavy atom. The summed E-state index contributed by atoms with van der Waals surface area (Å²) in [7, 11) is 0. The third kappa shape index (κ3) is 2.93. The van der Waals surface area contributed by atoms with Crippen LogP contribution in [0.3, 0.4) is 0 Å².